The Balaban J connectivity index is 1.82. The Hall–Kier alpha value is -5.05. The fraction of sp³-hybridized carbons (Fsp3) is 0.538. The fourth-order valence-electron chi connectivity index (χ4n) is 6.31. The second-order valence-electron chi connectivity index (χ2n) is 13.1. The molecule has 1 aliphatic rings. The van der Waals surface area contributed by atoms with Gasteiger partial charge in [-0.05, 0) is 43.5 Å². The molecule has 1 radical (unpaired) electrons. The molecule has 1 aromatic carbocycles. The van der Waals surface area contributed by atoms with E-state index in [0.29, 0.717) is 30.8 Å². The molecule has 287 valence electrons. The van der Waals surface area contributed by atoms with Gasteiger partial charge in [-0.15, -0.1) is 16.7 Å². The molecule has 15 heteroatoms. The average Bonchev–Trinajstić information content (AvgIpc) is 3.65. The van der Waals surface area contributed by atoms with Crippen molar-refractivity contribution in [2.24, 2.45) is 4.99 Å². The third kappa shape index (κ3) is 11.7. The Morgan fingerprint density at radius 3 is 2.13 bits per heavy atom. The molecular formula is C39H47ClF3N10O. The Labute approximate surface area is 321 Å². The molecule has 3 rings (SSSR count). The molecule has 2 atom stereocenters. The number of nitriles is 4. The van der Waals surface area contributed by atoms with Crippen LogP contribution >= 0.6 is 11.6 Å². The molecule has 1 aromatic heterocycles. The van der Waals surface area contributed by atoms with Gasteiger partial charge in [0.15, 0.2) is 11.7 Å². The number of carbonyl (C=O) groups excluding carboxylic acids is 1. The van der Waals surface area contributed by atoms with Gasteiger partial charge in [-0.3, -0.25) is 5.32 Å². The van der Waals surface area contributed by atoms with Crippen LogP contribution in [0.4, 0.5) is 35.2 Å². The van der Waals surface area contributed by atoms with Crippen LogP contribution in [0.25, 0.3) is 5.57 Å². The number of nitrogens with one attached hydrogen (secondary N) is 2. The zero-order valence-corrected chi connectivity index (χ0v) is 31.7. The Morgan fingerprint density at radius 2 is 1.61 bits per heavy atom. The number of carbonyl (C=O) groups is 1. The summed E-state index contributed by atoms with van der Waals surface area (Å²) in [4.78, 5) is 19.2. The lowest BCUT2D eigenvalue weighted by Crippen LogP contribution is -2.43. The van der Waals surface area contributed by atoms with Crippen LogP contribution in [0.1, 0.15) is 114 Å². The smallest absolute Gasteiger partial charge is 0.369 e. The van der Waals surface area contributed by atoms with Crippen molar-refractivity contribution in [1.29, 1.82) is 21.0 Å². The minimum atomic E-state index is -5.05. The Bertz CT molecular complexity index is 1810. The molecule has 0 fully saturated rings. The van der Waals surface area contributed by atoms with Crippen LogP contribution in [-0.2, 0) is 0 Å². The molecule has 0 saturated heterocycles. The van der Waals surface area contributed by atoms with Gasteiger partial charge in [0.1, 0.15) is 29.0 Å². The number of fused-ring (bicyclic) bond motifs is 1. The molecule has 2 N–H and O–H groups in total. The maximum atomic E-state index is 14.6. The quantitative estimate of drug-likeness (QED) is 0.0942. The summed E-state index contributed by atoms with van der Waals surface area (Å²) in [6, 6.07) is 10.9. The molecule has 2 heterocycles. The van der Waals surface area contributed by atoms with Gasteiger partial charge in [0.25, 0.3) is 0 Å². The third-order valence-corrected chi connectivity index (χ3v) is 9.71. The Morgan fingerprint density at radius 1 is 1.00 bits per heavy atom. The van der Waals surface area contributed by atoms with E-state index in [1.54, 1.807) is 31.2 Å². The standard InChI is InChI=1S/C39H47ClF3N10O/c1-4-6-7-8-9-10-11-12-13-14-17-31(40)32(5-2)49-38(54)50-36-30(26-47)35-29(25-46)34(39(41,42)43)37(53(35)51-36)48-33-19-18-28(24-27(33)3)52(22-15-20-44)23-16-21-45/h18-19,24,31-32H,2,4-17,22-23H2,1,3H3,(H2,49,50,51,54). The van der Waals surface area contributed by atoms with Crippen molar-refractivity contribution in [1.82, 2.24) is 15.1 Å². The number of urea groups is 1. The summed E-state index contributed by atoms with van der Waals surface area (Å²) in [5, 5.41) is 47.0. The average molecular weight is 764 g/mol. The first-order valence-electron chi connectivity index (χ1n) is 18.4. The SMILES string of the molecule is [CH2]CC(NC(=O)Nc1nn2c(c1C#N)C(C#N)=C(C(F)(F)F)C2=Nc1ccc(N(CCC#N)CCC#N)cc1C)C(Cl)CCCCCCCCCCCC. The van der Waals surface area contributed by atoms with Gasteiger partial charge < -0.3 is 10.2 Å². The first-order valence-corrected chi connectivity index (χ1v) is 18.8. The molecule has 0 bridgehead atoms. The topological polar surface area (TPSA) is 170 Å². The van der Waals surface area contributed by atoms with Crippen LogP contribution < -0.4 is 15.5 Å². The van der Waals surface area contributed by atoms with Crippen molar-refractivity contribution in [3.63, 3.8) is 0 Å². The lowest BCUT2D eigenvalue weighted by Gasteiger charge is -2.23. The molecule has 54 heavy (non-hydrogen) atoms. The molecule has 0 aliphatic carbocycles. The van der Waals surface area contributed by atoms with Crippen molar-refractivity contribution in [3.05, 3.63) is 47.5 Å². The highest BCUT2D eigenvalue weighted by Crippen LogP contribution is 2.42. The molecule has 1 aliphatic heterocycles. The monoisotopic (exact) mass is 763 g/mol. The summed E-state index contributed by atoms with van der Waals surface area (Å²) >= 11 is 6.65. The van der Waals surface area contributed by atoms with E-state index in [1.165, 1.54) is 51.0 Å². The number of allylic oxidation sites excluding steroid dienone is 2. The number of benzene rings is 1. The minimum Gasteiger partial charge on any atom is -0.369 e. The molecular weight excluding hydrogens is 717 g/mol. The predicted octanol–water partition coefficient (Wildman–Crippen LogP) is 9.76. The van der Waals surface area contributed by atoms with E-state index in [0.717, 1.165) is 23.9 Å². The zero-order chi connectivity index (χ0) is 39.7. The predicted molar refractivity (Wildman–Crippen MR) is 204 cm³/mol. The van der Waals surface area contributed by atoms with Crippen molar-refractivity contribution in [2.75, 3.05) is 23.3 Å². The molecule has 0 spiro atoms. The number of nitrogens with zero attached hydrogens (tertiary/aromatic N) is 8. The summed E-state index contributed by atoms with van der Waals surface area (Å²) in [6.07, 6.45) is 8.01. The van der Waals surface area contributed by atoms with Crippen LogP contribution in [0.2, 0.25) is 0 Å². The summed E-state index contributed by atoms with van der Waals surface area (Å²) < 4.78 is 44.4. The van der Waals surface area contributed by atoms with Crippen molar-refractivity contribution >= 4 is 46.2 Å². The number of hydrogen-bond acceptors (Lipinski definition) is 8. The van der Waals surface area contributed by atoms with E-state index in [9.17, 15) is 28.5 Å². The van der Waals surface area contributed by atoms with Gasteiger partial charge >= 0.3 is 12.2 Å². The van der Waals surface area contributed by atoms with Crippen molar-refractivity contribution in [3.8, 4) is 24.3 Å². The zero-order valence-electron chi connectivity index (χ0n) is 30.9. The number of hydrogen-bond donors (Lipinski definition) is 2. The van der Waals surface area contributed by atoms with Crippen LogP contribution in [0.15, 0.2) is 28.8 Å². The van der Waals surface area contributed by atoms with Crippen molar-refractivity contribution < 1.29 is 18.0 Å². The van der Waals surface area contributed by atoms with Crippen molar-refractivity contribution in [2.45, 2.75) is 121 Å². The highest BCUT2D eigenvalue weighted by atomic mass is 35.5. The fourth-order valence-corrected chi connectivity index (χ4v) is 6.65. The van der Waals surface area contributed by atoms with E-state index in [4.69, 9.17) is 22.1 Å². The second kappa shape index (κ2) is 21.6. The van der Waals surface area contributed by atoms with Crippen LogP contribution in [0.3, 0.4) is 0 Å². The lowest BCUT2D eigenvalue weighted by molar-refractivity contribution is -0.0854. The largest absolute Gasteiger partial charge is 0.421 e. The summed E-state index contributed by atoms with van der Waals surface area (Å²) in [5.74, 6) is -1.10. The number of unbranched alkanes of at least 4 members (excludes halogenated alkanes) is 9. The first kappa shape index (κ1) is 43.4. The second-order valence-corrected chi connectivity index (χ2v) is 13.7. The van der Waals surface area contributed by atoms with E-state index < -0.39 is 51.9 Å². The van der Waals surface area contributed by atoms with Gasteiger partial charge in [0, 0.05) is 24.8 Å². The highest BCUT2D eigenvalue weighted by Gasteiger charge is 2.48. The summed E-state index contributed by atoms with van der Waals surface area (Å²) in [5.41, 5.74) is -1.89. The van der Waals surface area contributed by atoms with E-state index >= 15 is 0 Å². The first-order chi connectivity index (χ1) is 25.9. The number of amides is 2. The van der Waals surface area contributed by atoms with Gasteiger partial charge in [-0.1, -0.05) is 78.1 Å². The summed E-state index contributed by atoms with van der Waals surface area (Å²) in [7, 11) is 0. The van der Waals surface area contributed by atoms with Crippen LogP contribution in [0, 0.1) is 59.2 Å². The van der Waals surface area contributed by atoms with E-state index in [2.05, 4.69) is 46.7 Å². The highest BCUT2D eigenvalue weighted by molar-refractivity contribution is 6.21. The van der Waals surface area contributed by atoms with Gasteiger partial charge in [-0.25, -0.2) is 14.5 Å². The maximum Gasteiger partial charge on any atom is 0.421 e. The van der Waals surface area contributed by atoms with E-state index in [1.807, 2.05) is 4.90 Å². The molecule has 2 unspecified atom stereocenters. The number of aromatic nitrogens is 2. The normalized spacial score (nSPS) is 14.1. The number of aliphatic imine (C=N–C) groups is 1. The Kier molecular flexibility index (Phi) is 17.3. The molecule has 0 saturated carbocycles. The number of halogens is 4. The maximum absolute atomic E-state index is 14.6. The molecule has 2 aromatic rings. The van der Waals surface area contributed by atoms with Gasteiger partial charge in [-0.2, -0.15) is 34.2 Å². The van der Waals surface area contributed by atoms with Gasteiger partial charge in [0.2, 0.25) is 0 Å². The van der Waals surface area contributed by atoms with E-state index in [-0.39, 0.29) is 30.8 Å². The number of aryl methyl sites for hydroxylation is 1. The summed E-state index contributed by atoms with van der Waals surface area (Å²) in [6.45, 7) is 8.42. The third-order valence-electron chi connectivity index (χ3n) is 9.19. The number of alkyl halides is 4. The van der Waals surface area contributed by atoms with Gasteiger partial charge in [0.05, 0.1) is 41.6 Å². The van der Waals surface area contributed by atoms with Crippen LogP contribution in [-0.4, -0.2) is 52.3 Å². The number of rotatable bonds is 21. The van der Waals surface area contributed by atoms with Crippen LogP contribution in [0.5, 0.6) is 0 Å². The molecule has 11 nitrogen and oxygen atoms in total. The number of anilines is 2. The lowest BCUT2D eigenvalue weighted by atomic mass is 10.0. The molecule has 2 amide bonds. The minimum absolute atomic E-state index is 0.122.